The highest BCUT2D eigenvalue weighted by molar-refractivity contribution is 6.35. The van der Waals surface area contributed by atoms with Gasteiger partial charge in [0.25, 0.3) is 0 Å². The van der Waals surface area contributed by atoms with Crippen LogP contribution in [0.25, 0.3) is 0 Å². The fourth-order valence-corrected chi connectivity index (χ4v) is 6.53. The summed E-state index contributed by atoms with van der Waals surface area (Å²) >= 11 is 12.6. The van der Waals surface area contributed by atoms with Gasteiger partial charge in [0.2, 0.25) is 5.91 Å². The van der Waals surface area contributed by atoms with Crippen molar-refractivity contribution in [3.63, 3.8) is 0 Å². The molecule has 262 valence electrons. The van der Waals surface area contributed by atoms with Crippen LogP contribution in [0.15, 0.2) is 97.1 Å². The molecule has 9 nitrogen and oxygen atoms in total. The number of anilines is 2. The van der Waals surface area contributed by atoms with Crippen LogP contribution in [-0.4, -0.2) is 54.2 Å². The molecule has 5 rings (SSSR count). The number of halogens is 2. The quantitative estimate of drug-likeness (QED) is 0.112. The summed E-state index contributed by atoms with van der Waals surface area (Å²) in [6.07, 6.45) is 2.32. The number of aryl methyl sites for hydroxylation is 1. The van der Waals surface area contributed by atoms with Crippen LogP contribution in [0.1, 0.15) is 43.2 Å². The predicted octanol–water partition coefficient (Wildman–Crippen LogP) is 8.86. The lowest BCUT2D eigenvalue weighted by Crippen LogP contribution is -2.59. The van der Waals surface area contributed by atoms with E-state index in [0.717, 1.165) is 30.6 Å². The maximum atomic E-state index is 13.9. The number of carbonyl (C=O) groups excluding carboxylic acids is 2. The van der Waals surface area contributed by atoms with E-state index in [-0.39, 0.29) is 44.4 Å². The number of carbonyl (C=O) groups is 3. The maximum absolute atomic E-state index is 13.9. The van der Waals surface area contributed by atoms with Crippen LogP contribution in [-0.2, 0) is 16.1 Å². The molecule has 50 heavy (non-hydrogen) atoms. The number of carboxylic acid groups (broad SMARTS) is 1. The summed E-state index contributed by atoms with van der Waals surface area (Å²) in [5.74, 6) is 0.125. The predicted molar refractivity (Wildman–Crippen MR) is 196 cm³/mol. The van der Waals surface area contributed by atoms with Crippen molar-refractivity contribution in [3.8, 4) is 11.5 Å². The molecule has 1 unspecified atom stereocenters. The Bertz CT molecular complexity index is 1750. The lowest BCUT2D eigenvalue weighted by atomic mass is 9.78. The van der Waals surface area contributed by atoms with Crippen LogP contribution in [0.2, 0.25) is 10.0 Å². The standard InChI is InChI=1S/C39H41Cl2N3O6/c1-28-10-16-32(17-11-28)44-27-39(24-37(46)47,26-43(38(44)48)25-29-12-13-30(40)22-35(29)41)23-36(45)42-31-14-18-34(19-15-31)50-21-7-3-6-20-49-33-8-4-2-5-9-33/h2,4-5,8-19,22H,3,6-7,20-21,23-27H2,1H3,(H,42,45)(H,46,47). The van der Waals surface area contributed by atoms with Gasteiger partial charge in [-0.15, -0.1) is 0 Å². The van der Waals surface area contributed by atoms with E-state index in [1.54, 1.807) is 52.3 Å². The number of para-hydroxylation sites is 1. The molecule has 1 atom stereocenters. The van der Waals surface area contributed by atoms with Crippen molar-refractivity contribution in [3.05, 3.63) is 118 Å². The summed E-state index contributed by atoms with van der Waals surface area (Å²) in [6, 6.07) is 29.0. The first kappa shape index (κ1) is 36.5. The zero-order chi connectivity index (χ0) is 35.5. The summed E-state index contributed by atoms with van der Waals surface area (Å²) in [4.78, 5) is 42.8. The zero-order valence-electron chi connectivity index (χ0n) is 27.9. The van der Waals surface area contributed by atoms with Gasteiger partial charge in [0, 0.05) is 52.9 Å². The first-order valence-electron chi connectivity index (χ1n) is 16.6. The Hall–Kier alpha value is -4.73. The Balaban J connectivity index is 1.22. The number of aliphatic carboxylic acids is 1. The molecule has 1 saturated heterocycles. The maximum Gasteiger partial charge on any atom is 0.324 e. The monoisotopic (exact) mass is 717 g/mol. The molecule has 1 heterocycles. The minimum absolute atomic E-state index is 0.0397. The van der Waals surface area contributed by atoms with Crippen LogP contribution < -0.4 is 19.7 Å². The molecule has 0 aliphatic carbocycles. The molecule has 4 aromatic carbocycles. The third kappa shape index (κ3) is 10.4. The van der Waals surface area contributed by atoms with E-state index in [0.29, 0.717) is 45.9 Å². The van der Waals surface area contributed by atoms with E-state index < -0.39 is 11.4 Å². The molecule has 2 N–H and O–H groups in total. The number of rotatable bonds is 16. The van der Waals surface area contributed by atoms with Crippen molar-refractivity contribution in [2.24, 2.45) is 5.41 Å². The van der Waals surface area contributed by atoms with Gasteiger partial charge < -0.3 is 24.8 Å². The summed E-state index contributed by atoms with van der Waals surface area (Å²) in [6.45, 7) is 3.36. The number of urea groups is 1. The third-order valence-electron chi connectivity index (χ3n) is 8.51. The van der Waals surface area contributed by atoms with Gasteiger partial charge >= 0.3 is 12.0 Å². The molecule has 11 heteroatoms. The van der Waals surface area contributed by atoms with Gasteiger partial charge in [0.05, 0.1) is 19.6 Å². The van der Waals surface area contributed by atoms with E-state index in [4.69, 9.17) is 32.7 Å². The van der Waals surface area contributed by atoms with Crippen molar-refractivity contribution in [2.75, 3.05) is 36.5 Å². The van der Waals surface area contributed by atoms with Gasteiger partial charge in [-0.3, -0.25) is 14.5 Å². The Morgan fingerprint density at radius 1 is 0.820 bits per heavy atom. The number of carboxylic acids is 1. The third-order valence-corrected chi connectivity index (χ3v) is 9.10. The van der Waals surface area contributed by atoms with E-state index in [1.165, 1.54) is 0 Å². The molecular weight excluding hydrogens is 677 g/mol. The van der Waals surface area contributed by atoms with E-state index in [2.05, 4.69) is 5.32 Å². The van der Waals surface area contributed by atoms with Crippen molar-refractivity contribution in [2.45, 2.75) is 45.6 Å². The van der Waals surface area contributed by atoms with Gasteiger partial charge in [-0.25, -0.2) is 4.79 Å². The molecule has 0 bridgehead atoms. The fourth-order valence-electron chi connectivity index (χ4n) is 6.07. The highest BCUT2D eigenvalue weighted by atomic mass is 35.5. The van der Waals surface area contributed by atoms with Crippen LogP contribution in [0.3, 0.4) is 0 Å². The Labute approximate surface area is 302 Å². The van der Waals surface area contributed by atoms with Crippen molar-refractivity contribution >= 4 is 52.5 Å². The molecule has 0 radical (unpaired) electrons. The first-order valence-corrected chi connectivity index (χ1v) is 17.3. The Kier molecular flexibility index (Phi) is 12.6. The van der Waals surface area contributed by atoms with Crippen LogP contribution in [0.5, 0.6) is 11.5 Å². The number of amides is 3. The summed E-state index contributed by atoms with van der Waals surface area (Å²) in [5, 5.41) is 13.8. The summed E-state index contributed by atoms with van der Waals surface area (Å²) in [5.41, 5.74) is 1.73. The highest BCUT2D eigenvalue weighted by Crippen LogP contribution is 2.38. The lowest BCUT2D eigenvalue weighted by Gasteiger charge is -2.47. The number of nitrogens with one attached hydrogen (secondary N) is 1. The second kappa shape index (κ2) is 17.3. The van der Waals surface area contributed by atoms with Crippen molar-refractivity contribution in [1.82, 2.24) is 4.90 Å². The SMILES string of the molecule is Cc1ccc(N2CC(CC(=O)O)(CC(=O)Nc3ccc(OCCCCCOc4ccccc4)cc3)CN(Cc3ccc(Cl)cc3Cl)C2=O)cc1. The molecule has 3 amide bonds. The number of unbranched alkanes of at least 4 members (excludes halogenated alkanes) is 2. The minimum Gasteiger partial charge on any atom is -0.494 e. The molecule has 0 saturated carbocycles. The van der Waals surface area contributed by atoms with E-state index in [9.17, 15) is 19.5 Å². The number of nitrogens with zero attached hydrogens (tertiary/aromatic N) is 2. The number of benzene rings is 4. The summed E-state index contributed by atoms with van der Waals surface area (Å²) < 4.78 is 11.6. The number of hydrogen-bond acceptors (Lipinski definition) is 5. The van der Waals surface area contributed by atoms with Gasteiger partial charge in [-0.2, -0.15) is 0 Å². The van der Waals surface area contributed by atoms with Crippen LogP contribution in [0.4, 0.5) is 16.2 Å². The second-order valence-electron chi connectivity index (χ2n) is 12.7. The second-order valence-corrected chi connectivity index (χ2v) is 13.5. The normalized spacial score (nSPS) is 15.9. The molecule has 4 aromatic rings. The number of hydrogen-bond donors (Lipinski definition) is 2. The van der Waals surface area contributed by atoms with Gasteiger partial charge in [-0.05, 0) is 92.4 Å². The molecule has 1 fully saturated rings. The molecule has 0 spiro atoms. The largest absolute Gasteiger partial charge is 0.494 e. The van der Waals surface area contributed by atoms with E-state index >= 15 is 0 Å². The molecule has 1 aliphatic heterocycles. The molecule has 0 aromatic heterocycles. The zero-order valence-corrected chi connectivity index (χ0v) is 29.5. The number of ether oxygens (including phenoxy) is 2. The van der Waals surface area contributed by atoms with Gasteiger partial charge in [0.1, 0.15) is 11.5 Å². The van der Waals surface area contributed by atoms with Gasteiger partial charge in [-0.1, -0.05) is 65.2 Å². The highest BCUT2D eigenvalue weighted by Gasteiger charge is 2.46. The molecular formula is C39H41Cl2N3O6. The Morgan fingerprint density at radius 2 is 1.48 bits per heavy atom. The minimum atomic E-state index is -1.11. The summed E-state index contributed by atoms with van der Waals surface area (Å²) in [7, 11) is 0. The smallest absolute Gasteiger partial charge is 0.324 e. The fraction of sp³-hybridized carbons (Fsp3) is 0.308. The van der Waals surface area contributed by atoms with Crippen LogP contribution >= 0.6 is 23.2 Å². The average Bonchev–Trinajstić information content (AvgIpc) is 3.08. The van der Waals surface area contributed by atoms with Crippen LogP contribution in [0, 0.1) is 12.3 Å². The lowest BCUT2D eigenvalue weighted by molar-refractivity contribution is -0.140. The first-order chi connectivity index (χ1) is 24.1. The van der Waals surface area contributed by atoms with Crippen molar-refractivity contribution in [1.29, 1.82) is 0 Å². The average molecular weight is 719 g/mol. The van der Waals surface area contributed by atoms with Gasteiger partial charge in [0.15, 0.2) is 0 Å². The topological polar surface area (TPSA) is 108 Å². The molecule has 1 aliphatic rings. The Morgan fingerprint density at radius 3 is 2.12 bits per heavy atom. The van der Waals surface area contributed by atoms with Crippen molar-refractivity contribution < 1.29 is 29.0 Å². The van der Waals surface area contributed by atoms with E-state index in [1.807, 2.05) is 61.5 Å².